The summed E-state index contributed by atoms with van der Waals surface area (Å²) in [6, 6.07) is 30.3. The highest BCUT2D eigenvalue weighted by molar-refractivity contribution is 7.91. The number of nitrogens with one attached hydrogen (secondary N) is 2. The number of benzene rings is 5. The molecule has 3 heterocycles. The molecule has 0 spiro atoms. The van der Waals surface area contributed by atoms with E-state index in [0.717, 1.165) is 37.9 Å². The number of carbonyl (C=O) groups excluding carboxylic acids is 3. The molecule has 0 bridgehead atoms. The molecule has 14 nitrogen and oxygen atoms in total. The predicted molar refractivity (Wildman–Crippen MR) is 248 cm³/mol. The zero-order chi connectivity index (χ0) is 46.7. The van der Waals surface area contributed by atoms with Crippen molar-refractivity contribution in [1.29, 1.82) is 5.26 Å². The molecule has 8 rings (SSSR count). The second-order valence-electron chi connectivity index (χ2n) is 15.6. The Balaban J connectivity index is 1.04. The third-order valence-electron chi connectivity index (χ3n) is 11.1. The Hall–Kier alpha value is -6.48. The van der Waals surface area contributed by atoms with Crippen LogP contribution in [0.2, 0.25) is 10.0 Å². The van der Waals surface area contributed by atoms with Crippen molar-refractivity contribution >= 4 is 67.5 Å². The lowest BCUT2D eigenvalue weighted by molar-refractivity contribution is -0.145. The SMILES string of the molecule is COC(=O)[C@H](Cc1ccc(-c2ccc(C#N)cc2)cc1)NC(=O)[C@@H]1Cc2cc3c(cc2CN1S(=O)(=O)c1sc(NC(C)=O)nc1C)OC(c1ccc(OCc2ccc(Cl)c(Cl)c2)cc1)CO3. The summed E-state index contributed by atoms with van der Waals surface area (Å²) in [5.74, 6) is -0.422. The first-order chi connectivity index (χ1) is 31.7. The smallest absolute Gasteiger partial charge is 0.328 e. The number of ether oxygens (including phenoxy) is 4. The molecule has 0 radical (unpaired) electrons. The zero-order valence-corrected chi connectivity index (χ0v) is 38.8. The van der Waals surface area contributed by atoms with Crippen molar-refractivity contribution in [2.24, 2.45) is 0 Å². The van der Waals surface area contributed by atoms with Crippen LogP contribution < -0.4 is 24.8 Å². The monoisotopic (exact) mass is 965 g/mol. The minimum atomic E-state index is -4.46. The minimum Gasteiger partial charge on any atom is -0.489 e. The number of esters is 1. The first-order valence-electron chi connectivity index (χ1n) is 20.6. The summed E-state index contributed by atoms with van der Waals surface area (Å²) in [5.41, 5.74) is 6.07. The van der Waals surface area contributed by atoms with Crippen molar-refractivity contribution in [3.05, 3.63) is 152 Å². The van der Waals surface area contributed by atoms with Crippen molar-refractivity contribution in [3.63, 3.8) is 0 Å². The largest absolute Gasteiger partial charge is 0.489 e. The van der Waals surface area contributed by atoms with E-state index in [-0.39, 0.29) is 47.6 Å². The maximum Gasteiger partial charge on any atom is 0.328 e. The molecule has 2 aliphatic heterocycles. The fraction of sp³-hybridized carbons (Fsp3) is 0.229. The molecule has 66 heavy (non-hydrogen) atoms. The molecule has 338 valence electrons. The number of aromatic nitrogens is 1. The number of amides is 2. The summed E-state index contributed by atoms with van der Waals surface area (Å²) < 4.78 is 54.1. The van der Waals surface area contributed by atoms with Gasteiger partial charge in [0, 0.05) is 19.9 Å². The Morgan fingerprint density at radius 3 is 2.27 bits per heavy atom. The molecule has 5 aromatic carbocycles. The Kier molecular flexibility index (Phi) is 13.6. The van der Waals surface area contributed by atoms with Crippen molar-refractivity contribution in [3.8, 4) is 34.4 Å². The number of nitriles is 1. The first-order valence-corrected chi connectivity index (χ1v) is 23.6. The number of aryl methyl sites for hydroxylation is 1. The molecule has 0 saturated carbocycles. The second kappa shape index (κ2) is 19.5. The molecule has 2 amide bonds. The van der Waals surface area contributed by atoms with Gasteiger partial charge in [0.1, 0.15) is 31.0 Å². The Morgan fingerprint density at radius 1 is 0.924 bits per heavy atom. The molecule has 1 aromatic heterocycles. The summed E-state index contributed by atoms with van der Waals surface area (Å²) >= 11 is 13.0. The van der Waals surface area contributed by atoms with Gasteiger partial charge in [-0.2, -0.15) is 9.57 Å². The average molecular weight is 967 g/mol. The van der Waals surface area contributed by atoms with E-state index in [9.17, 15) is 22.8 Å². The molecule has 1 unspecified atom stereocenters. The predicted octanol–water partition coefficient (Wildman–Crippen LogP) is 8.36. The highest BCUT2D eigenvalue weighted by Crippen LogP contribution is 2.42. The number of methoxy groups -OCH3 is 1. The second-order valence-corrected chi connectivity index (χ2v) is 19.5. The number of sulfonamides is 1. The van der Waals surface area contributed by atoms with Gasteiger partial charge in [0.05, 0.1) is 34.5 Å². The normalized spacial score (nSPS) is 16.0. The van der Waals surface area contributed by atoms with Gasteiger partial charge >= 0.3 is 5.97 Å². The van der Waals surface area contributed by atoms with E-state index in [4.69, 9.17) is 47.4 Å². The van der Waals surface area contributed by atoms with E-state index in [2.05, 4.69) is 21.7 Å². The van der Waals surface area contributed by atoms with Crippen LogP contribution in [0, 0.1) is 18.3 Å². The van der Waals surface area contributed by atoms with Gasteiger partial charge in [-0.05, 0) is 101 Å². The van der Waals surface area contributed by atoms with Crippen LogP contribution in [0.5, 0.6) is 17.2 Å². The highest BCUT2D eigenvalue weighted by Gasteiger charge is 2.43. The van der Waals surface area contributed by atoms with E-state index >= 15 is 0 Å². The van der Waals surface area contributed by atoms with Crippen LogP contribution in [0.3, 0.4) is 0 Å². The van der Waals surface area contributed by atoms with Crippen molar-refractivity contribution < 1.29 is 41.7 Å². The third-order valence-corrected chi connectivity index (χ3v) is 15.3. The lowest BCUT2D eigenvalue weighted by Crippen LogP contribution is -2.56. The molecule has 0 fully saturated rings. The number of hydrogen-bond donors (Lipinski definition) is 2. The number of rotatable bonds is 13. The topological polar surface area (TPSA) is 186 Å². The van der Waals surface area contributed by atoms with Crippen LogP contribution in [-0.4, -0.2) is 61.3 Å². The molecule has 0 saturated heterocycles. The number of anilines is 1. The van der Waals surface area contributed by atoms with Crippen molar-refractivity contribution in [1.82, 2.24) is 14.6 Å². The van der Waals surface area contributed by atoms with Crippen molar-refractivity contribution in [2.75, 3.05) is 19.0 Å². The molecular formula is C48H41Cl2N5O9S2. The summed E-state index contributed by atoms with van der Waals surface area (Å²) in [6.07, 6.45) is -0.533. The molecule has 6 aromatic rings. The quantitative estimate of drug-likeness (QED) is 0.106. The van der Waals surface area contributed by atoms with Crippen molar-refractivity contribution in [2.45, 2.75) is 62.2 Å². The lowest BCUT2D eigenvalue weighted by Gasteiger charge is -2.36. The van der Waals surface area contributed by atoms with E-state index in [1.54, 1.807) is 36.4 Å². The Labute approximate surface area is 395 Å². The maximum absolute atomic E-state index is 14.7. The highest BCUT2D eigenvalue weighted by atomic mass is 35.5. The fourth-order valence-corrected chi connectivity index (χ4v) is 11.1. The number of carbonyl (C=O) groups is 3. The summed E-state index contributed by atoms with van der Waals surface area (Å²) in [5, 5.41) is 15.5. The lowest BCUT2D eigenvalue weighted by atomic mass is 9.93. The molecular weight excluding hydrogens is 926 g/mol. The fourth-order valence-electron chi connectivity index (χ4n) is 7.68. The van der Waals surface area contributed by atoms with Gasteiger partial charge in [-0.3, -0.25) is 9.59 Å². The Morgan fingerprint density at radius 2 is 1.61 bits per heavy atom. The van der Waals surface area contributed by atoms with E-state index in [1.807, 2.05) is 66.7 Å². The first kappa shape index (κ1) is 46.1. The van der Waals surface area contributed by atoms with Crippen LogP contribution in [0.15, 0.2) is 107 Å². The van der Waals surface area contributed by atoms with Gasteiger partial charge in [-0.25, -0.2) is 18.2 Å². The number of nitrogens with zero attached hydrogens (tertiary/aromatic N) is 3. The van der Waals surface area contributed by atoms with Gasteiger partial charge < -0.3 is 29.6 Å². The summed E-state index contributed by atoms with van der Waals surface area (Å²) in [4.78, 5) is 43.9. The zero-order valence-electron chi connectivity index (χ0n) is 35.7. The van der Waals surface area contributed by atoms with E-state index in [0.29, 0.717) is 49.5 Å². The van der Waals surface area contributed by atoms with Gasteiger partial charge in [0.25, 0.3) is 10.0 Å². The maximum atomic E-state index is 14.7. The summed E-state index contributed by atoms with van der Waals surface area (Å²) in [6.45, 7) is 3.02. The van der Waals surface area contributed by atoms with Crippen LogP contribution in [0.25, 0.3) is 11.1 Å². The van der Waals surface area contributed by atoms with Gasteiger partial charge in [0.15, 0.2) is 26.9 Å². The number of halogens is 2. The average Bonchev–Trinajstić information content (AvgIpc) is 3.70. The number of fused-ring (bicyclic) bond motifs is 2. The number of thiazole rings is 1. The van der Waals surface area contributed by atoms with E-state index in [1.165, 1.54) is 21.0 Å². The van der Waals surface area contributed by atoms with Crippen LogP contribution >= 0.6 is 34.5 Å². The van der Waals surface area contributed by atoms with Gasteiger partial charge in [-0.15, -0.1) is 0 Å². The standard InChI is InChI=1S/C48H41Cl2N5O9S2/c1-27-47(65-48(52-27)53-28(2)56)66(59,60)55-24-36-22-43-42(63-26-44(64-43)34-13-15-37(16-14-34)62-25-31-8-17-38(49)39(50)18-31)21-35(36)20-41(55)45(57)54-40(46(58)61-3)19-29-4-9-32(10-5-29)33-11-6-30(23-51)7-12-33/h4-18,21-22,40-41,44H,19-20,24-26H2,1-3H3,(H,54,57)(H,52,53,56)/t40-,41-,44?/m0/s1. The molecule has 0 aliphatic carbocycles. The van der Waals surface area contributed by atoms with Crippen LogP contribution in [0.4, 0.5) is 5.13 Å². The van der Waals surface area contributed by atoms with Gasteiger partial charge in [-0.1, -0.05) is 89.1 Å². The Bertz CT molecular complexity index is 2980. The third kappa shape index (κ3) is 10.2. The molecule has 18 heteroatoms. The molecule has 2 aliphatic rings. The minimum absolute atomic E-state index is 0.0461. The van der Waals surface area contributed by atoms with Crippen LogP contribution in [0.1, 0.15) is 52.1 Å². The summed E-state index contributed by atoms with van der Waals surface area (Å²) in [7, 11) is -3.25. The van der Waals surface area contributed by atoms with Gasteiger partial charge in [0.2, 0.25) is 11.8 Å². The number of hydrogen-bond acceptors (Lipinski definition) is 12. The van der Waals surface area contributed by atoms with E-state index < -0.39 is 46.0 Å². The van der Waals surface area contributed by atoms with Crippen LogP contribution in [-0.2, 0) is 55.1 Å². The molecule has 3 atom stereocenters. The molecule has 2 N–H and O–H groups in total.